The number of rotatable bonds is 1. The minimum Gasteiger partial charge on any atom is -0.508 e. The first-order chi connectivity index (χ1) is 5.11. The van der Waals surface area contributed by atoms with Crippen molar-refractivity contribution in [2.75, 3.05) is 0 Å². The molecular formula is C8H10BrNO. The van der Waals surface area contributed by atoms with Crippen LogP contribution >= 0.6 is 15.9 Å². The minimum absolute atomic E-state index is 0.122. The summed E-state index contributed by atoms with van der Waals surface area (Å²) >= 11 is 3.24. The molecule has 0 spiro atoms. The predicted octanol–water partition coefficient (Wildman–Crippen LogP) is 2.17. The number of hydrogen-bond donors (Lipinski definition) is 2. The number of aromatic hydroxyl groups is 1. The van der Waals surface area contributed by atoms with Gasteiger partial charge in [-0.1, -0.05) is 22.0 Å². The molecule has 1 unspecified atom stereocenters. The van der Waals surface area contributed by atoms with Gasteiger partial charge in [-0.2, -0.15) is 0 Å². The highest BCUT2D eigenvalue weighted by molar-refractivity contribution is 9.10. The van der Waals surface area contributed by atoms with E-state index in [-0.39, 0.29) is 11.8 Å². The number of hydrogen-bond acceptors (Lipinski definition) is 2. The number of benzene rings is 1. The zero-order chi connectivity index (χ0) is 8.43. The molecule has 0 saturated heterocycles. The lowest BCUT2D eigenvalue weighted by Gasteiger charge is -2.07. The summed E-state index contributed by atoms with van der Waals surface area (Å²) in [6.45, 7) is 1.84. The number of halogens is 1. The van der Waals surface area contributed by atoms with Crippen LogP contribution in [0.15, 0.2) is 22.7 Å². The fourth-order valence-corrected chi connectivity index (χ4v) is 1.25. The first-order valence-electron chi connectivity index (χ1n) is 3.35. The molecule has 0 bridgehead atoms. The second-order valence-electron chi connectivity index (χ2n) is 2.49. The molecule has 0 radical (unpaired) electrons. The van der Waals surface area contributed by atoms with E-state index < -0.39 is 0 Å². The van der Waals surface area contributed by atoms with Crippen LogP contribution in [0.5, 0.6) is 5.75 Å². The Labute approximate surface area is 74.2 Å². The topological polar surface area (TPSA) is 46.2 Å². The van der Waals surface area contributed by atoms with Gasteiger partial charge in [0.15, 0.2) is 0 Å². The van der Waals surface area contributed by atoms with Crippen LogP contribution in [-0.4, -0.2) is 5.11 Å². The summed E-state index contributed by atoms with van der Waals surface area (Å²) in [6, 6.07) is 5.18. The van der Waals surface area contributed by atoms with Crippen LogP contribution in [0, 0.1) is 0 Å². The number of phenols is 1. The molecule has 0 heterocycles. The van der Waals surface area contributed by atoms with E-state index in [1.54, 1.807) is 6.07 Å². The Balaban J connectivity index is 3.09. The van der Waals surface area contributed by atoms with Gasteiger partial charge < -0.3 is 10.8 Å². The third-order valence-electron chi connectivity index (χ3n) is 1.48. The van der Waals surface area contributed by atoms with Crippen molar-refractivity contribution in [1.29, 1.82) is 0 Å². The van der Waals surface area contributed by atoms with Crippen LogP contribution in [0.3, 0.4) is 0 Å². The second-order valence-corrected chi connectivity index (χ2v) is 3.41. The summed E-state index contributed by atoms with van der Waals surface area (Å²) < 4.78 is 0.861. The van der Waals surface area contributed by atoms with Crippen molar-refractivity contribution in [3.8, 4) is 5.75 Å². The highest BCUT2D eigenvalue weighted by atomic mass is 79.9. The van der Waals surface area contributed by atoms with Crippen molar-refractivity contribution < 1.29 is 5.11 Å². The average Bonchev–Trinajstić information content (AvgIpc) is 1.85. The van der Waals surface area contributed by atoms with Crippen molar-refractivity contribution in [2.45, 2.75) is 13.0 Å². The van der Waals surface area contributed by atoms with Crippen LogP contribution in [0.2, 0.25) is 0 Å². The lowest BCUT2D eigenvalue weighted by Crippen LogP contribution is -2.04. The SMILES string of the molecule is CC(N)c1ccc(Br)cc1O. The number of nitrogens with two attached hydrogens (primary N) is 1. The van der Waals surface area contributed by atoms with E-state index in [0.717, 1.165) is 10.0 Å². The van der Waals surface area contributed by atoms with Crippen molar-refractivity contribution in [1.82, 2.24) is 0 Å². The van der Waals surface area contributed by atoms with Crippen molar-refractivity contribution >= 4 is 15.9 Å². The maximum Gasteiger partial charge on any atom is 0.121 e. The van der Waals surface area contributed by atoms with Gasteiger partial charge in [-0.25, -0.2) is 0 Å². The van der Waals surface area contributed by atoms with Gasteiger partial charge in [0.25, 0.3) is 0 Å². The molecule has 3 N–H and O–H groups in total. The predicted molar refractivity (Wildman–Crippen MR) is 48.4 cm³/mol. The molecule has 3 heteroatoms. The maximum atomic E-state index is 9.35. The van der Waals surface area contributed by atoms with Crippen LogP contribution < -0.4 is 5.73 Å². The Morgan fingerprint density at radius 1 is 1.55 bits per heavy atom. The first kappa shape index (κ1) is 8.56. The molecule has 0 amide bonds. The van der Waals surface area contributed by atoms with E-state index in [0.29, 0.717) is 0 Å². The van der Waals surface area contributed by atoms with E-state index in [2.05, 4.69) is 15.9 Å². The van der Waals surface area contributed by atoms with E-state index in [9.17, 15) is 5.11 Å². The fraction of sp³-hybridized carbons (Fsp3) is 0.250. The lowest BCUT2D eigenvalue weighted by molar-refractivity contribution is 0.463. The third kappa shape index (κ3) is 1.94. The van der Waals surface area contributed by atoms with Gasteiger partial charge in [0, 0.05) is 16.1 Å². The molecule has 2 nitrogen and oxygen atoms in total. The molecule has 0 saturated carbocycles. The Morgan fingerprint density at radius 2 is 2.18 bits per heavy atom. The summed E-state index contributed by atoms with van der Waals surface area (Å²) in [7, 11) is 0. The third-order valence-corrected chi connectivity index (χ3v) is 1.98. The van der Waals surface area contributed by atoms with Crippen molar-refractivity contribution in [2.24, 2.45) is 5.73 Å². The lowest BCUT2D eigenvalue weighted by atomic mass is 10.1. The highest BCUT2D eigenvalue weighted by Crippen LogP contribution is 2.25. The molecule has 1 aromatic carbocycles. The molecule has 1 rings (SSSR count). The van der Waals surface area contributed by atoms with E-state index in [1.165, 1.54) is 0 Å². The monoisotopic (exact) mass is 215 g/mol. The Hall–Kier alpha value is -0.540. The Kier molecular flexibility index (Phi) is 2.52. The zero-order valence-corrected chi connectivity index (χ0v) is 7.80. The van der Waals surface area contributed by atoms with E-state index in [1.807, 2.05) is 19.1 Å². The zero-order valence-electron chi connectivity index (χ0n) is 6.21. The summed E-state index contributed by atoms with van der Waals surface area (Å²) in [4.78, 5) is 0. The van der Waals surface area contributed by atoms with Crippen LogP contribution in [0.4, 0.5) is 0 Å². The second kappa shape index (κ2) is 3.24. The smallest absolute Gasteiger partial charge is 0.121 e. The van der Waals surface area contributed by atoms with Gasteiger partial charge in [0.2, 0.25) is 0 Å². The standard InChI is InChI=1S/C8H10BrNO/c1-5(10)7-3-2-6(9)4-8(7)11/h2-5,11H,10H2,1H3. The first-order valence-corrected chi connectivity index (χ1v) is 4.14. The molecule has 0 aromatic heterocycles. The fourth-order valence-electron chi connectivity index (χ4n) is 0.902. The van der Waals surface area contributed by atoms with Crippen LogP contribution in [-0.2, 0) is 0 Å². The van der Waals surface area contributed by atoms with Gasteiger partial charge in [0.05, 0.1) is 0 Å². The number of phenolic OH excluding ortho intramolecular Hbond substituents is 1. The molecule has 1 aromatic rings. The maximum absolute atomic E-state index is 9.35. The Bertz CT molecular complexity index is 260. The molecule has 0 aliphatic heterocycles. The molecule has 0 aliphatic carbocycles. The molecular weight excluding hydrogens is 206 g/mol. The normalized spacial score (nSPS) is 13.0. The Morgan fingerprint density at radius 3 is 2.64 bits per heavy atom. The quantitative estimate of drug-likeness (QED) is 0.755. The van der Waals surface area contributed by atoms with E-state index >= 15 is 0 Å². The van der Waals surface area contributed by atoms with Gasteiger partial charge >= 0.3 is 0 Å². The summed E-state index contributed by atoms with van der Waals surface area (Å²) in [5.41, 5.74) is 6.36. The minimum atomic E-state index is -0.122. The van der Waals surface area contributed by atoms with Crippen molar-refractivity contribution in [3.63, 3.8) is 0 Å². The summed E-state index contributed by atoms with van der Waals surface area (Å²) in [5.74, 6) is 0.245. The molecule has 0 aliphatic rings. The van der Waals surface area contributed by atoms with Crippen molar-refractivity contribution in [3.05, 3.63) is 28.2 Å². The van der Waals surface area contributed by atoms with Gasteiger partial charge in [-0.05, 0) is 19.1 Å². The average molecular weight is 216 g/mol. The van der Waals surface area contributed by atoms with E-state index in [4.69, 9.17) is 5.73 Å². The summed E-state index contributed by atoms with van der Waals surface area (Å²) in [5, 5.41) is 9.35. The molecule has 1 atom stereocenters. The molecule has 0 fully saturated rings. The van der Waals surface area contributed by atoms with Gasteiger partial charge in [0.1, 0.15) is 5.75 Å². The van der Waals surface area contributed by atoms with Gasteiger partial charge in [-0.3, -0.25) is 0 Å². The van der Waals surface area contributed by atoms with Gasteiger partial charge in [-0.15, -0.1) is 0 Å². The molecule has 60 valence electrons. The largest absolute Gasteiger partial charge is 0.508 e. The summed E-state index contributed by atoms with van der Waals surface area (Å²) in [6.07, 6.45) is 0. The van der Waals surface area contributed by atoms with Crippen LogP contribution in [0.1, 0.15) is 18.5 Å². The highest BCUT2D eigenvalue weighted by Gasteiger charge is 2.04. The van der Waals surface area contributed by atoms with Crippen LogP contribution in [0.25, 0.3) is 0 Å². The molecule has 11 heavy (non-hydrogen) atoms.